The van der Waals surface area contributed by atoms with E-state index in [0.29, 0.717) is 24.5 Å². The molecule has 0 saturated heterocycles. The third-order valence-corrected chi connectivity index (χ3v) is 3.29. The topological polar surface area (TPSA) is 27.1 Å². The molecule has 0 saturated carbocycles. The van der Waals surface area contributed by atoms with Crippen molar-refractivity contribution in [1.29, 1.82) is 0 Å². The van der Waals surface area contributed by atoms with Crippen LogP contribution < -0.4 is 0 Å². The average Bonchev–Trinajstić information content (AvgIpc) is 2.84. The zero-order valence-corrected chi connectivity index (χ0v) is 11.2. The zero-order chi connectivity index (χ0) is 13.9. The van der Waals surface area contributed by atoms with Gasteiger partial charge in [0, 0.05) is 13.7 Å². The predicted molar refractivity (Wildman–Crippen MR) is 77.0 cm³/mol. The molecule has 0 atom stereocenters. The number of halogens is 1. The summed E-state index contributed by atoms with van der Waals surface area (Å²) >= 11 is 0. The van der Waals surface area contributed by atoms with Crippen molar-refractivity contribution in [3.63, 3.8) is 0 Å². The maximum Gasteiger partial charge on any atom is 0.144 e. The molecule has 20 heavy (non-hydrogen) atoms. The fourth-order valence-electron chi connectivity index (χ4n) is 2.33. The van der Waals surface area contributed by atoms with Gasteiger partial charge in [-0.2, -0.15) is 0 Å². The summed E-state index contributed by atoms with van der Waals surface area (Å²) in [4.78, 5) is 4.56. The first-order valence-corrected chi connectivity index (χ1v) is 6.50. The number of nitrogens with zero attached hydrogens (tertiary/aromatic N) is 2. The summed E-state index contributed by atoms with van der Waals surface area (Å²) in [5.74, 6) is 0.378. The maximum atomic E-state index is 14.0. The van der Waals surface area contributed by atoms with Gasteiger partial charge in [0.15, 0.2) is 0 Å². The van der Waals surface area contributed by atoms with Crippen LogP contribution in [0, 0.1) is 5.82 Å². The Morgan fingerprint density at radius 1 is 1.10 bits per heavy atom. The molecule has 1 aromatic heterocycles. The lowest BCUT2D eigenvalue weighted by Gasteiger charge is -2.09. The van der Waals surface area contributed by atoms with E-state index in [1.54, 1.807) is 19.2 Å². The summed E-state index contributed by atoms with van der Waals surface area (Å²) in [7, 11) is 1.65. The van der Waals surface area contributed by atoms with E-state index in [1.807, 2.05) is 34.9 Å². The van der Waals surface area contributed by atoms with Gasteiger partial charge in [0.25, 0.3) is 0 Å². The molecular formula is C16H15FN2O. The molecule has 0 aliphatic heterocycles. The van der Waals surface area contributed by atoms with Gasteiger partial charge in [0.05, 0.1) is 23.2 Å². The Balaban J connectivity index is 2.21. The number of fused-ring (bicyclic) bond motifs is 1. The quantitative estimate of drug-likeness (QED) is 0.725. The summed E-state index contributed by atoms with van der Waals surface area (Å²) in [6.45, 7) is 1.20. The SMILES string of the molecule is COCCn1c(-c2ccccc2F)nc2ccccc21. The minimum absolute atomic E-state index is 0.263. The second kappa shape index (κ2) is 5.43. The Labute approximate surface area is 116 Å². The number of benzene rings is 2. The van der Waals surface area contributed by atoms with E-state index >= 15 is 0 Å². The largest absolute Gasteiger partial charge is 0.383 e. The maximum absolute atomic E-state index is 14.0. The Hall–Kier alpha value is -2.20. The van der Waals surface area contributed by atoms with Crippen LogP contribution in [0.2, 0.25) is 0 Å². The van der Waals surface area contributed by atoms with E-state index in [1.165, 1.54) is 6.07 Å². The minimum atomic E-state index is -0.263. The molecular weight excluding hydrogens is 255 g/mol. The molecule has 0 radical (unpaired) electrons. The lowest BCUT2D eigenvalue weighted by Crippen LogP contribution is -2.06. The number of methoxy groups -OCH3 is 1. The number of hydrogen-bond acceptors (Lipinski definition) is 2. The number of imidazole rings is 1. The van der Waals surface area contributed by atoms with Crippen LogP contribution >= 0.6 is 0 Å². The average molecular weight is 270 g/mol. The molecule has 3 nitrogen and oxygen atoms in total. The molecule has 0 bridgehead atoms. The van der Waals surface area contributed by atoms with Gasteiger partial charge in [0.1, 0.15) is 11.6 Å². The number of rotatable bonds is 4. The molecule has 0 N–H and O–H groups in total. The molecule has 102 valence electrons. The van der Waals surface area contributed by atoms with E-state index < -0.39 is 0 Å². The van der Waals surface area contributed by atoms with Gasteiger partial charge in [-0.3, -0.25) is 0 Å². The Morgan fingerprint density at radius 3 is 2.65 bits per heavy atom. The summed E-state index contributed by atoms with van der Waals surface area (Å²) in [6.07, 6.45) is 0. The van der Waals surface area contributed by atoms with Gasteiger partial charge in [-0.25, -0.2) is 9.37 Å². The standard InChI is InChI=1S/C16H15FN2O/c1-20-11-10-19-15-9-5-4-8-14(15)18-16(19)12-6-2-3-7-13(12)17/h2-9H,10-11H2,1H3. The fourth-order valence-corrected chi connectivity index (χ4v) is 2.33. The monoisotopic (exact) mass is 270 g/mol. The van der Waals surface area contributed by atoms with Crippen LogP contribution in [-0.4, -0.2) is 23.3 Å². The highest BCUT2D eigenvalue weighted by Crippen LogP contribution is 2.26. The van der Waals surface area contributed by atoms with Crippen molar-refractivity contribution in [3.05, 3.63) is 54.3 Å². The van der Waals surface area contributed by atoms with Gasteiger partial charge in [-0.05, 0) is 24.3 Å². The van der Waals surface area contributed by atoms with Crippen LogP contribution in [0.5, 0.6) is 0 Å². The van der Waals surface area contributed by atoms with Crippen molar-refractivity contribution in [3.8, 4) is 11.4 Å². The predicted octanol–water partition coefficient (Wildman–Crippen LogP) is 3.49. The highest BCUT2D eigenvalue weighted by atomic mass is 19.1. The summed E-state index contributed by atoms with van der Waals surface area (Å²) in [6, 6.07) is 14.5. The second-order valence-electron chi connectivity index (χ2n) is 4.55. The van der Waals surface area contributed by atoms with Gasteiger partial charge >= 0.3 is 0 Å². The van der Waals surface area contributed by atoms with Gasteiger partial charge in [-0.1, -0.05) is 24.3 Å². The lowest BCUT2D eigenvalue weighted by molar-refractivity contribution is 0.188. The molecule has 0 aliphatic rings. The normalized spacial score (nSPS) is 11.1. The highest BCUT2D eigenvalue weighted by molar-refractivity contribution is 5.80. The van der Waals surface area contributed by atoms with E-state index in [9.17, 15) is 4.39 Å². The fraction of sp³-hybridized carbons (Fsp3) is 0.188. The molecule has 0 fully saturated rings. The van der Waals surface area contributed by atoms with Crippen LogP contribution in [0.1, 0.15) is 0 Å². The van der Waals surface area contributed by atoms with Crippen LogP contribution in [-0.2, 0) is 11.3 Å². The molecule has 0 spiro atoms. The molecule has 0 aliphatic carbocycles. The van der Waals surface area contributed by atoms with Crippen LogP contribution in [0.3, 0.4) is 0 Å². The van der Waals surface area contributed by atoms with Crippen molar-refractivity contribution in [2.24, 2.45) is 0 Å². The summed E-state index contributed by atoms with van der Waals surface area (Å²) < 4.78 is 21.2. The highest BCUT2D eigenvalue weighted by Gasteiger charge is 2.14. The van der Waals surface area contributed by atoms with E-state index in [4.69, 9.17) is 4.74 Å². The van der Waals surface area contributed by atoms with Crippen molar-refractivity contribution < 1.29 is 9.13 Å². The molecule has 0 unspecified atom stereocenters. The first-order chi connectivity index (χ1) is 9.81. The van der Waals surface area contributed by atoms with Crippen LogP contribution in [0.15, 0.2) is 48.5 Å². The molecule has 1 heterocycles. The third-order valence-electron chi connectivity index (χ3n) is 3.29. The number of hydrogen-bond donors (Lipinski definition) is 0. The van der Waals surface area contributed by atoms with Gasteiger partial charge in [0.2, 0.25) is 0 Å². The molecule has 3 rings (SSSR count). The number of aromatic nitrogens is 2. The Bertz CT molecular complexity index is 736. The van der Waals surface area contributed by atoms with Crippen LogP contribution in [0.4, 0.5) is 4.39 Å². The third kappa shape index (κ3) is 2.18. The van der Waals surface area contributed by atoms with Crippen molar-refractivity contribution >= 4 is 11.0 Å². The van der Waals surface area contributed by atoms with Crippen LogP contribution in [0.25, 0.3) is 22.4 Å². The molecule has 4 heteroatoms. The number of para-hydroxylation sites is 2. The molecule has 2 aromatic carbocycles. The van der Waals surface area contributed by atoms with Crippen molar-refractivity contribution in [2.75, 3.05) is 13.7 Å². The van der Waals surface area contributed by atoms with Crippen molar-refractivity contribution in [1.82, 2.24) is 9.55 Å². The van der Waals surface area contributed by atoms with Crippen molar-refractivity contribution in [2.45, 2.75) is 6.54 Å². The van der Waals surface area contributed by atoms with Gasteiger partial charge < -0.3 is 9.30 Å². The first kappa shape index (κ1) is 12.8. The summed E-state index contributed by atoms with van der Waals surface area (Å²) in [5, 5.41) is 0. The van der Waals surface area contributed by atoms with Gasteiger partial charge in [-0.15, -0.1) is 0 Å². The van der Waals surface area contributed by atoms with E-state index in [0.717, 1.165) is 11.0 Å². The second-order valence-corrected chi connectivity index (χ2v) is 4.55. The Kier molecular flexibility index (Phi) is 3.48. The minimum Gasteiger partial charge on any atom is -0.383 e. The Morgan fingerprint density at radius 2 is 1.85 bits per heavy atom. The number of ether oxygens (including phenoxy) is 1. The van der Waals surface area contributed by atoms with E-state index in [2.05, 4.69) is 4.98 Å². The molecule has 0 amide bonds. The smallest absolute Gasteiger partial charge is 0.144 e. The lowest BCUT2D eigenvalue weighted by atomic mass is 10.2. The van der Waals surface area contributed by atoms with E-state index in [-0.39, 0.29) is 5.82 Å². The summed E-state index contributed by atoms with van der Waals surface area (Å²) in [5.41, 5.74) is 2.37. The zero-order valence-electron chi connectivity index (χ0n) is 11.2. The molecule has 3 aromatic rings. The first-order valence-electron chi connectivity index (χ1n) is 6.50.